The van der Waals surface area contributed by atoms with Gasteiger partial charge in [0.25, 0.3) is 5.91 Å². The number of ether oxygens (including phenoxy) is 2. The van der Waals surface area contributed by atoms with Crippen LogP contribution in [0.1, 0.15) is 59.9 Å². The highest BCUT2D eigenvalue weighted by Gasteiger charge is 2.19. The highest BCUT2D eigenvalue weighted by Crippen LogP contribution is 2.33. The number of nitrogens with zero attached hydrogens (tertiary/aromatic N) is 4. The number of carbonyl (C=O) groups excluding carboxylic acids is 2. The minimum absolute atomic E-state index is 0.00670. The maximum atomic E-state index is 13.4. The number of pyridine rings is 2. The monoisotopic (exact) mass is 647 g/mol. The van der Waals surface area contributed by atoms with E-state index in [1.807, 2.05) is 69.6 Å². The number of anilines is 1. The highest BCUT2D eigenvalue weighted by atomic mass is 16.5. The van der Waals surface area contributed by atoms with Gasteiger partial charge >= 0.3 is 0 Å². The van der Waals surface area contributed by atoms with Gasteiger partial charge in [-0.05, 0) is 96.0 Å². The summed E-state index contributed by atoms with van der Waals surface area (Å²) in [5, 5.41) is 3.09. The van der Waals surface area contributed by atoms with Crippen LogP contribution in [0, 0.1) is 27.7 Å². The molecule has 1 N–H and O–H groups in total. The summed E-state index contributed by atoms with van der Waals surface area (Å²) in [7, 11) is 0. The molecule has 1 amide bonds. The van der Waals surface area contributed by atoms with Crippen LogP contribution < -0.4 is 5.32 Å². The Balaban J connectivity index is 1.14. The fourth-order valence-corrected chi connectivity index (χ4v) is 6.46. The number of ketones is 1. The number of morpholine rings is 2. The molecular weight excluding hydrogens is 602 g/mol. The molecule has 0 saturated carbocycles. The minimum Gasteiger partial charge on any atom is -0.379 e. The van der Waals surface area contributed by atoms with Gasteiger partial charge in [-0.15, -0.1) is 0 Å². The van der Waals surface area contributed by atoms with Gasteiger partial charge in [-0.2, -0.15) is 0 Å². The topological polar surface area (TPSA) is 96.9 Å². The van der Waals surface area contributed by atoms with E-state index in [-0.39, 0.29) is 18.1 Å². The Labute approximate surface area is 283 Å². The van der Waals surface area contributed by atoms with Crippen LogP contribution in [0.3, 0.4) is 0 Å². The molecule has 0 spiro atoms. The Hall–Kier alpha value is -4.28. The summed E-state index contributed by atoms with van der Waals surface area (Å²) in [5.74, 6) is -0.251. The molecule has 0 radical (unpaired) electrons. The second kappa shape index (κ2) is 15.3. The molecule has 6 rings (SSSR count). The van der Waals surface area contributed by atoms with E-state index < -0.39 is 0 Å². The first-order valence-corrected chi connectivity index (χ1v) is 16.8. The maximum absolute atomic E-state index is 13.4. The van der Waals surface area contributed by atoms with E-state index in [1.54, 1.807) is 0 Å². The fourth-order valence-electron chi connectivity index (χ4n) is 6.46. The van der Waals surface area contributed by atoms with Crippen molar-refractivity contribution >= 4 is 17.4 Å². The Morgan fingerprint density at radius 3 is 1.79 bits per heavy atom. The lowest BCUT2D eigenvalue weighted by molar-refractivity contribution is 0.0340. The summed E-state index contributed by atoms with van der Waals surface area (Å²) in [6.45, 7) is 16.4. The fraction of sp³-hybridized carbons (Fsp3) is 0.385. The first-order chi connectivity index (χ1) is 23.3. The molecular formula is C39H45N5O4. The van der Waals surface area contributed by atoms with E-state index in [4.69, 9.17) is 9.47 Å². The van der Waals surface area contributed by atoms with Gasteiger partial charge < -0.3 is 14.8 Å². The summed E-state index contributed by atoms with van der Waals surface area (Å²) >= 11 is 0. The lowest BCUT2D eigenvalue weighted by Crippen LogP contribution is -2.35. The van der Waals surface area contributed by atoms with E-state index in [9.17, 15) is 9.59 Å². The van der Waals surface area contributed by atoms with E-state index >= 15 is 0 Å². The van der Waals surface area contributed by atoms with Gasteiger partial charge in [-0.1, -0.05) is 30.3 Å². The third kappa shape index (κ3) is 7.88. The first-order valence-electron chi connectivity index (χ1n) is 16.8. The van der Waals surface area contributed by atoms with Crippen LogP contribution in [0.15, 0.2) is 60.9 Å². The Kier molecular flexibility index (Phi) is 10.7. The Bertz CT molecular complexity index is 1660. The van der Waals surface area contributed by atoms with E-state index in [2.05, 4.69) is 44.1 Å². The number of nitrogens with one attached hydrogen (secondary N) is 1. The molecule has 0 unspecified atom stereocenters. The molecule has 250 valence electrons. The molecule has 48 heavy (non-hydrogen) atoms. The van der Waals surface area contributed by atoms with Crippen molar-refractivity contribution in [1.82, 2.24) is 19.8 Å². The average Bonchev–Trinajstić information content (AvgIpc) is 3.09. The Morgan fingerprint density at radius 1 is 0.688 bits per heavy atom. The molecule has 2 saturated heterocycles. The maximum Gasteiger partial charge on any atom is 0.274 e. The summed E-state index contributed by atoms with van der Waals surface area (Å²) in [6, 6.07) is 15.8. The predicted octanol–water partition coefficient (Wildman–Crippen LogP) is 5.72. The molecule has 0 aliphatic carbocycles. The predicted molar refractivity (Wildman–Crippen MR) is 187 cm³/mol. The van der Waals surface area contributed by atoms with E-state index in [0.29, 0.717) is 11.4 Å². The van der Waals surface area contributed by atoms with Crippen LogP contribution >= 0.6 is 0 Å². The van der Waals surface area contributed by atoms with Crippen LogP contribution in [-0.2, 0) is 29.0 Å². The molecule has 0 bridgehead atoms. The number of amides is 1. The van der Waals surface area contributed by atoms with Crippen LogP contribution in [0.2, 0.25) is 0 Å². The lowest BCUT2D eigenvalue weighted by atomic mass is 9.91. The average molecular weight is 648 g/mol. The van der Waals surface area contributed by atoms with Gasteiger partial charge in [0.05, 0.1) is 26.4 Å². The van der Waals surface area contributed by atoms with Crippen LogP contribution in [-0.4, -0.2) is 84.1 Å². The van der Waals surface area contributed by atoms with Crippen molar-refractivity contribution in [3.63, 3.8) is 0 Å². The van der Waals surface area contributed by atoms with Crippen molar-refractivity contribution < 1.29 is 19.1 Å². The number of hydrogen-bond donors (Lipinski definition) is 1. The molecule has 9 heteroatoms. The molecule has 4 aromatic rings. The molecule has 2 fully saturated rings. The van der Waals surface area contributed by atoms with Gasteiger partial charge in [-0.25, -0.2) is 0 Å². The zero-order valence-corrected chi connectivity index (χ0v) is 28.5. The number of aryl methyl sites for hydroxylation is 2. The van der Waals surface area contributed by atoms with Crippen molar-refractivity contribution in [2.75, 3.05) is 57.9 Å². The molecule has 0 atom stereocenters. The van der Waals surface area contributed by atoms with Crippen LogP contribution in [0.4, 0.5) is 5.69 Å². The van der Waals surface area contributed by atoms with Crippen molar-refractivity contribution in [2.24, 2.45) is 0 Å². The third-order valence-corrected chi connectivity index (χ3v) is 9.62. The zero-order valence-electron chi connectivity index (χ0n) is 28.5. The second-order valence-corrected chi connectivity index (χ2v) is 12.9. The lowest BCUT2D eigenvalue weighted by Gasteiger charge is -2.27. The molecule has 9 nitrogen and oxygen atoms in total. The highest BCUT2D eigenvalue weighted by molar-refractivity contribution is 6.04. The van der Waals surface area contributed by atoms with Gasteiger partial charge in [0.15, 0.2) is 5.78 Å². The molecule has 4 heterocycles. The standard InChI is InChI=1S/C39H45N5O4/c1-26-19-36(40-22-31(26)24-43-11-15-47-16-12-43)38(45)21-30-7-5-8-33(28(30)3)34-9-6-10-35(29(34)4)42-39(46)37-20-27(2)32(23-41-37)25-44-13-17-48-18-14-44/h5-10,19-20,22-23H,11-18,21,24-25H2,1-4H3,(H,42,46). The van der Waals surface area contributed by atoms with E-state index in [0.717, 1.165) is 121 Å². The second-order valence-electron chi connectivity index (χ2n) is 12.9. The third-order valence-electron chi connectivity index (χ3n) is 9.62. The van der Waals surface area contributed by atoms with Crippen molar-refractivity contribution in [3.8, 4) is 11.1 Å². The van der Waals surface area contributed by atoms with Crippen LogP contribution in [0.5, 0.6) is 0 Å². The summed E-state index contributed by atoms with van der Waals surface area (Å²) in [4.78, 5) is 40.6. The summed E-state index contributed by atoms with van der Waals surface area (Å²) < 4.78 is 10.9. The molecule has 2 aromatic carbocycles. The molecule has 2 aliphatic heterocycles. The number of Topliss-reactive ketones (excluding diaryl/α,β-unsaturated/α-hetero) is 1. The number of rotatable bonds is 10. The van der Waals surface area contributed by atoms with Crippen molar-refractivity contribution in [1.29, 1.82) is 0 Å². The molecule has 2 aliphatic rings. The quantitative estimate of drug-likeness (QED) is 0.219. The van der Waals surface area contributed by atoms with Crippen LogP contribution in [0.25, 0.3) is 11.1 Å². The van der Waals surface area contributed by atoms with Gasteiger partial charge in [0, 0.05) is 63.8 Å². The largest absolute Gasteiger partial charge is 0.379 e. The SMILES string of the molecule is Cc1cc(C(=O)Cc2cccc(-c3cccc(NC(=O)c4cc(C)c(CN5CCOCC5)cn4)c3C)c2C)ncc1CN1CCOCC1. The molecule has 2 aromatic heterocycles. The number of hydrogen-bond acceptors (Lipinski definition) is 8. The van der Waals surface area contributed by atoms with Crippen molar-refractivity contribution in [2.45, 2.75) is 47.2 Å². The Morgan fingerprint density at radius 2 is 1.21 bits per heavy atom. The van der Waals surface area contributed by atoms with E-state index in [1.165, 1.54) is 0 Å². The van der Waals surface area contributed by atoms with Gasteiger partial charge in [0.1, 0.15) is 11.4 Å². The number of aromatic nitrogens is 2. The smallest absolute Gasteiger partial charge is 0.274 e. The van der Waals surface area contributed by atoms with Gasteiger partial charge in [-0.3, -0.25) is 29.4 Å². The van der Waals surface area contributed by atoms with Gasteiger partial charge in [0.2, 0.25) is 0 Å². The number of carbonyl (C=O) groups is 2. The zero-order chi connectivity index (χ0) is 33.6. The number of benzene rings is 2. The summed E-state index contributed by atoms with van der Waals surface area (Å²) in [5.41, 5.74) is 11.0. The van der Waals surface area contributed by atoms with Crippen molar-refractivity contribution in [3.05, 3.63) is 111 Å². The normalized spacial score (nSPS) is 15.8. The summed E-state index contributed by atoms with van der Waals surface area (Å²) in [6.07, 6.45) is 3.92. The first kappa shape index (κ1) is 33.6. The minimum atomic E-state index is -0.244.